The van der Waals surface area contributed by atoms with Crippen molar-refractivity contribution in [2.75, 3.05) is 36.9 Å². The molecule has 0 fully saturated rings. The van der Waals surface area contributed by atoms with Crippen LogP contribution in [0.3, 0.4) is 0 Å². The van der Waals surface area contributed by atoms with E-state index in [1.54, 1.807) is 12.2 Å². The summed E-state index contributed by atoms with van der Waals surface area (Å²) in [5.41, 5.74) is 2.52. The van der Waals surface area contributed by atoms with Crippen LogP contribution in [0.1, 0.15) is 0 Å². The molecule has 1 aliphatic rings. The van der Waals surface area contributed by atoms with E-state index in [2.05, 4.69) is 9.89 Å². The van der Waals surface area contributed by atoms with Crippen LogP contribution in [0.5, 0.6) is 0 Å². The molecule has 0 saturated carbocycles. The predicted octanol–water partition coefficient (Wildman–Crippen LogP) is 3.71. The van der Waals surface area contributed by atoms with E-state index in [1.165, 1.54) is 13.2 Å². The monoisotopic (exact) mass is 352 g/mol. The molecule has 122 valence electrons. The molecule has 1 aliphatic carbocycles. The molecule has 0 amide bonds. The highest BCUT2D eigenvalue weighted by Crippen LogP contribution is 2.21. The smallest absolute Gasteiger partial charge is 0.220 e. The Kier molecular flexibility index (Phi) is 6.68. The highest BCUT2D eigenvalue weighted by Gasteiger charge is 2.12. The van der Waals surface area contributed by atoms with Crippen LogP contribution >= 0.6 is 23.2 Å². The van der Waals surface area contributed by atoms with Gasteiger partial charge in [-0.3, -0.25) is 4.79 Å². The van der Waals surface area contributed by atoms with E-state index in [0.717, 1.165) is 24.5 Å². The first-order chi connectivity index (χ1) is 11.2. The number of benzene rings is 1. The lowest BCUT2D eigenvalue weighted by Crippen LogP contribution is -2.27. The molecule has 0 N–H and O–H groups in total. The average Bonchev–Trinajstić information content (AvgIpc) is 2.57. The minimum absolute atomic E-state index is 0.153. The summed E-state index contributed by atoms with van der Waals surface area (Å²) >= 11 is 11.6. The standard InChI is InChI=1S/C17H18Cl2N2O2/c1-23-17-12-14(4-7-16(17)22)20-13-2-5-15(6-3-13)21(10-8-18)11-9-19/h2-7,12H,8-11H2,1H3. The quantitative estimate of drug-likeness (QED) is 0.554. The van der Waals surface area contributed by atoms with Gasteiger partial charge < -0.3 is 9.64 Å². The molecule has 0 heterocycles. The number of methoxy groups -OCH3 is 1. The van der Waals surface area contributed by atoms with Crippen LogP contribution in [0, 0.1) is 0 Å². The molecule has 0 saturated heterocycles. The second kappa shape index (κ2) is 8.75. The third-order valence-corrected chi connectivity index (χ3v) is 3.67. The van der Waals surface area contributed by atoms with Gasteiger partial charge in [0.1, 0.15) is 0 Å². The predicted molar refractivity (Wildman–Crippen MR) is 96.4 cm³/mol. The molecule has 0 bridgehead atoms. The number of rotatable bonds is 7. The highest BCUT2D eigenvalue weighted by molar-refractivity contribution is 6.19. The Bertz CT molecular complexity index is 630. The molecule has 0 radical (unpaired) electrons. The number of alkyl halides is 2. The van der Waals surface area contributed by atoms with Crippen molar-refractivity contribution in [3.63, 3.8) is 0 Å². The number of carbonyl (C=O) groups is 1. The van der Waals surface area contributed by atoms with Gasteiger partial charge in [-0.1, -0.05) is 0 Å². The number of allylic oxidation sites excluding steroid dienone is 3. The maximum atomic E-state index is 11.5. The van der Waals surface area contributed by atoms with Gasteiger partial charge >= 0.3 is 0 Å². The lowest BCUT2D eigenvalue weighted by atomic mass is 10.1. The summed E-state index contributed by atoms with van der Waals surface area (Å²) in [6.45, 7) is 1.49. The SMILES string of the molecule is COC1=CC(=Nc2ccc(N(CCCl)CCCl)cc2)C=CC1=O. The van der Waals surface area contributed by atoms with Crippen molar-refractivity contribution >= 4 is 46.1 Å². The van der Waals surface area contributed by atoms with Gasteiger partial charge in [0.25, 0.3) is 0 Å². The molecule has 1 aromatic carbocycles. The van der Waals surface area contributed by atoms with Crippen LogP contribution in [0.15, 0.2) is 53.2 Å². The van der Waals surface area contributed by atoms with Crippen LogP contribution in [0.4, 0.5) is 11.4 Å². The average molecular weight is 353 g/mol. The zero-order chi connectivity index (χ0) is 16.7. The molecule has 0 atom stereocenters. The number of ether oxygens (including phenoxy) is 1. The Morgan fingerprint density at radius 3 is 2.30 bits per heavy atom. The fraction of sp³-hybridized carbons (Fsp3) is 0.294. The first kappa shape index (κ1) is 17.6. The summed E-state index contributed by atoms with van der Waals surface area (Å²) in [5, 5.41) is 0. The maximum Gasteiger partial charge on any atom is 0.220 e. The lowest BCUT2D eigenvalue weighted by molar-refractivity contribution is -0.114. The molecular formula is C17H18Cl2N2O2. The van der Waals surface area contributed by atoms with Gasteiger partial charge in [0.15, 0.2) is 5.76 Å². The number of nitrogens with zero attached hydrogens (tertiary/aromatic N) is 2. The summed E-state index contributed by atoms with van der Waals surface area (Å²) in [4.78, 5) is 18.1. The summed E-state index contributed by atoms with van der Waals surface area (Å²) in [6, 6.07) is 7.80. The zero-order valence-electron chi connectivity index (χ0n) is 12.8. The molecule has 1 aromatic rings. The maximum absolute atomic E-state index is 11.5. The largest absolute Gasteiger partial charge is 0.493 e. The fourth-order valence-electron chi connectivity index (χ4n) is 2.19. The van der Waals surface area contributed by atoms with Crippen molar-refractivity contribution in [1.82, 2.24) is 0 Å². The third kappa shape index (κ3) is 4.85. The Morgan fingerprint density at radius 1 is 1.09 bits per heavy atom. The third-order valence-electron chi connectivity index (χ3n) is 3.33. The molecule has 6 heteroatoms. The molecular weight excluding hydrogens is 335 g/mol. The first-order valence-electron chi connectivity index (χ1n) is 7.21. The number of halogens is 2. The van der Waals surface area contributed by atoms with E-state index >= 15 is 0 Å². The van der Waals surface area contributed by atoms with Gasteiger partial charge in [-0.25, -0.2) is 4.99 Å². The van der Waals surface area contributed by atoms with E-state index in [1.807, 2.05) is 24.3 Å². The van der Waals surface area contributed by atoms with E-state index in [0.29, 0.717) is 23.2 Å². The van der Waals surface area contributed by atoms with Gasteiger partial charge in [-0.15, -0.1) is 23.2 Å². The topological polar surface area (TPSA) is 41.9 Å². The summed E-state index contributed by atoms with van der Waals surface area (Å²) in [5.74, 6) is 1.23. The second-order valence-electron chi connectivity index (χ2n) is 4.83. The number of carbonyl (C=O) groups excluding carboxylic acids is 1. The molecule has 23 heavy (non-hydrogen) atoms. The van der Waals surface area contributed by atoms with Crippen LogP contribution in [0.25, 0.3) is 0 Å². The van der Waals surface area contributed by atoms with Crippen molar-refractivity contribution < 1.29 is 9.53 Å². The van der Waals surface area contributed by atoms with Crippen LogP contribution in [-0.4, -0.2) is 43.5 Å². The first-order valence-corrected chi connectivity index (χ1v) is 8.28. The highest BCUT2D eigenvalue weighted by atomic mass is 35.5. The van der Waals surface area contributed by atoms with Gasteiger partial charge in [0.05, 0.1) is 18.5 Å². The molecule has 0 aromatic heterocycles. The van der Waals surface area contributed by atoms with Gasteiger partial charge in [0.2, 0.25) is 5.78 Å². The Balaban J connectivity index is 2.16. The van der Waals surface area contributed by atoms with Gasteiger partial charge in [0, 0.05) is 36.6 Å². The summed E-state index contributed by atoms with van der Waals surface area (Å²) in [7, 11) is 1.47. The second-order valence-corrected chi connectivity index (χ2v) is 5.58. The molecule has 0 spiro atoms. The van der Waals surface area contributed by atoms with Crippen molar-refractivity contribution in [3.05, 3.63) is 48.3 Å². The fourth-order valence-corrected chi connectivity index (χ4v) is 2.59. The van der Waals surface area contributed by atoms with Crippen molar-refractivity contribution in [1.29, 1.82) is 0 Å². The zero-order valence-corrected chi connectivity index (χ0v) is 14.3. The summed E-state index contributed by atoms with van der Waals surface area (Å²) in [6.07, 6.45) is 4.75. The molecule has 0 unspecified atom stereocenters. The van der Waals surface area contributed by atoms with E-state index in [4.69, 9.17) is 27.9 Å². The number of aliphatic imine (C=N–C) groups is 1. The normalized spacial score (nSPS) is 15.7. The molecule has 4 nitrogen and oxygen atoms in total. The van der Waals surface area contributed by atoms with E-state index in [9.17, 15) is 4.79 Å². The number of ketones is 1. The Morgan fingerprint density at radius 2 is 1.74 bits per heavy atom. The minimum atomic E-state index is -0.153. The van der Waals surface area contributed by atoms with Gasteiger partial charge in [-0.2, -0.15) is 0 Å². The lowest BCUT2D eigenvalue weighted by Gasteiger charge is -2.22. The van der Waals surface area contributed by atoms with Crippen molar-refractivity contribution in [2.24, 2.45) is 4.99 Å². The van der Waals surface area contributed by atoms with Gasteiger partial charge in [-0.05, 0) is 36.4 Å². The van der Waals surface area contributed by atoms with E-state index < -0.39 is 0 Å². The molecule has 0 aliphatic heterocycles. The number of hydrogen-bond acceptors (Lipinski definition) is 4. The number of anilines is 1. The molecule has 2 rings (SSSR count). The van der Waals surface area contributed by atoms with Crippen molar-refractivity contribution in [3.8, 4) is 0 Å². The Hall–Kier alpha value is -1.78. The number of hydrogen-bond donors (Lipinski definition) is 0. The minimum Gasteiger partial charge on any atom is -0.493 e. The summed E-state index contributed by atoms with van der Waals surface area (Å²) < 4.78 is 5.02. The van der Waals surface area contributed by atoms with E-state index in [-0.39, 0.29) is 5.78 Å². The Labute approximate surface area is 146 Å². The van der Waals surface area contributed by atoms with Crippen LogP contribution in [-0.2, 0) is 9.53 Å². The van der Waals surface area contributed by atoms with Crippen molar-refractivity contribution in [2.45, 2.75) is 0 Å². The van der Waals surface area contributed by atoms with Crippen LogP contribution < -0.4 is 4.90 Å². The van der Waals surface area contributed by atoms with Crippen LogP contribution in [0.2, 0.25) is 0 Å².